The van der Waals surface area contributed by atoms with Gasteiger partial charge in [-0.25, -0.2) is 4.79 Å². The lowest BCUT2D eigenvalue weighted by atomic mass is 9.87. The molecule has 1 saturated heterocycles. The summed E-state index contributed by atoms with van der Waals surface area (Å²) in [5, 5.41) is 14.8. The molecule has 1 aliphatic heterocycles. The molecule has 0 bridgehead atoms. The number of benzene rings is 1. The van der Waals surface area contributed by atoms with Crippen molar-refractivity contribution >= 4 is 17.6 Å². The van der Waals surface area contributed by atoms with Crippen LogP contribution < -0.4 is 16.2 Å². The molecule has 1 fully saturated rings. The van der Waals surface area contributed by atoms with Crippen molar-refractivity contribution in [2.24, 2.45) is 5.92 Å². The average molecular weight is 412 g/mol. The number of carbonyl (C=O) groups is 2. The SMILES string of the molecule is CNC(=O)Nc1cc(-c2cccc(CC(=O)N3CC(CC(C)(C)O)C3)c2)c[nH]c1=O. The number of aromatic amines is 1. The second-order valence-corrected chi connectivity index (χ2v) is 8.39. The van der Waals surface area contributed by atoms with E-state index in [0.717, 1.165) is 16.7 Å². The highest BCUT2D eigenvalue weighted by atomic mass is 16.3. The van der Waals surface area contributed by atoms with Gasteiger partial charge >= 0.3 is 6.03 Å². The smallest absolute Gasteiger partial charge is 0.319 e. The third-order valence-electron chi connectivity index (χ3n) is 5.09. The molecule has 0 unspecified atom stereocenters. The molecule has 1 aliphatic rings. The molecular weight excluding hydrogens is 384 g/mol. The molecular formula is C22H28N4O4. The Kier molecular flexibility index (Phi) is 6.26. The van der Waals surface area contributed by atoms with E-state index in [1.54, 1.807) is 26.1 Å². The van der Waals surface area contributed by atoms with Crippen LogP contribution in [0.1, 0.15) is 25.8 Å². The fraction of sp³-hybridized carbons (Fsp3) is 0.409. The molecule has 0 saturated carbocycles. The summed E-state index contributed by atoms with van der Waals surface area (Å²) in [6.07, 6.45) is 2.55. The van der Waals surface area contributed by atoms with Gasteiger partial charge in [0.1, 0.15) is 5.69 Å². The number of anilines is 1. The van der Waals surface area contributed by atoms with Gasteiger partial charge in [-0.2, -0.15) is 0 Å². The van der Waals surface area contributed by atoms with Crippen LogP contribution in [0.5, 0.6) is 0 Å². The predicted molar refractivity (Wildman–Crippen MR) is 115 cm³/mol. The number of nitrogens with one attached hydrogen (secondary N) is 3. The van der Waals surface area contributed by atoms with Gasteiger partial charge in [0.2, 0.25) is 5.91 Å². The van der Waals surface area contributed by atoms with Crippen LogP contribution in [0.15, 0.2) is 41.3 Å². The fourth-order valence-corrected chi connectivity index (χ4v) is 3.68. The molecule has 160 valence electrons. The number of carbonyl (C=O) groups excluding carboxylic acids is 2. The quantitative estimate of drug-likeness (QED) is 0.581. The third kappa shape index (κ3) is 5.48. The monoisotopic (exact) mass is 412 g/mol. The molecule has 8 heteroatoms. The molecule has 2 heterocycles. The van der Waals surface area contributed by atoms with Gasteiger partial charge in [-0.05, 0) is 43.4 Å². The zero-order chi connectivity index (χ0) is 21.9. The normalized spacial score (nSPS) is 14.2. The minimum absolute atomic E-state index is 0.0580. The first-order valence-electron chi connectivity index (χ1n) is 9.95. The molecule has 0 aliphatic carbocycles. The Morgan fingerprint density at radius 2 is 1.97 bits per heavy atom. The molecule has 8 nitrogen and oxygen atoms in total. The number of rotatable bonds is 6. The van der Waals surface area contributed by atoms with Crippen LogP contribution in [0.25, 0.3) is 11.1 Å². The minimum Gasteiger partial charge on any atom is -0.390 e. The van der Waals surface area contributed by atoms with Crippen LogP contribution in [0.3, 0.4) is 0 Å². The molecule has 30 heavy (non-hydrogen) atoms. The van der Waals surface area contributed by atoms with E-state index in [9.17, 15) is 19.5 Å². The van der Waals surface area contributed by atoms with Gasteiger partial charge in [0, 0.05) is 31.9 Å². The standard InChI is InChI=1S/C22H28N4O4/c1-22(2,30)10-15-12-26(13-15)19(27)8-14-5-4-6-16(7-14)17-9-18(20(28)24-11-17)25-21(29)23-3/h4-7,9,11,15,30H,8,10,12-13H2,1-3H3,(H,24,28)(H2,23,25,29). The van der Waals surface area contributed by atoms with Crippen molar-refractivity contribution in [3.8, 4) is 11.1 Å². The number of H-pyrrole nitrogens is 1. The first-order valence-corrected chi connectivity index (χ1v) is 9.95. The fourth-order valence-electron chi connectivity index (χ4n) is 3.68. The van der Waals surface area contributed by atoms with Gasteiger partial charge in [0.25, 0.3) is 5.56 Å². The molecule has 4 N–H and O–H groups in total. The lowest BCUT2D eigenvalue weighted by Gasteiger charge is -2.41. The number of aromatic nitrogens is 1. The number of hydrogen-bond acceptors (Lipinski definition) is 4. The lowest BCUT2D eigenvalue weighted by Crippen LogP contribution is -2.52. The summed E-state index contributed by atoms with van der Waals surface area (Å²) in [7, 11) is 1.47. The van der Waals surface area contributed by atoms with Crippen molar-refractivity contribution < 1.29 is 14.7 Å². The Labute approximate surface area is 175 Å². The summed E-state index contributed by atoms with van der Waals surface area (Å²) < 4.78 is 0. The van der Waals surface area contributed by atoms with Gasteiger partial charge in [0.05, 0.1) is 12.0 Å². The molecule has 0 atom stereocenters. The molecule has 0 radical (unpaired) electrons. The van der Waals surface area contributed by atoms with Crippen LogP contribution in [0.4, 0.5) is 10.5 Å². The first-order chi connectivity index (χ1) is 14.1. The van der Waals surface area contributed by atoms with E-state index < -0.39 is 17.2 Å². The summed E-state index contributed by atoms with van der Waals surface area (Å²) in [6, 6.07) is 8.67. The number of hydrogen-bond donors (Lipinski definition) is 4. The Hall–Kier alpha value is -3.13. The molecule has 1 aromatic carbocycles. The van der Waals surface area contributed by atoms with Crippen molar-refractivity contribution in [1.29, 1.82) is 0 Å². The van der Waals surface area contributed by atoms with Crippen LogP contribution in [0.2, 0.25) is 0 Å². The van der Waals surface area contributed by atoms with Crippen LogP contribution in [-0.2, 0) is 11.2 Å². The summed E-state index contributed by atoms with van der Waals surface area (Å²) in [5.74, 6) is 0.398. The third-order valence-corrected chi connectivity index (χ3v) is 5.09. The molecule has 3 amide bonds. The number of pyridine rings is 1. The average Bonchev–Trinajstić information content (AvgIpc) is 2.65. The summed E-state index contributed by atoms with van der Waals surface area (Å²) >= 11 is 0. The van der Waals surface area contributed by atoms with E-state index in [4.69, 9.17) is 0 Å². The van der Waals surface area contributed by atoms with Crippen LogP contribution in [-0.4, -0.2) is 52.7 Å². The van der Waals surface area contributed by atoms with Gasteiger partial charge in [-0.15, -0.1) is 0 Å². The van der Waals surface area contributed by atoms with Gasteiger partial charge < -0.3 is 25.6 Å². The number of likely N-dealkylation sites (tertiary alicyclic amines) is 1. The predicted octanol–water partition coefficient (Wildman–Crippen LogP) is 1.96. The summed E-state index contributed by atoms with van der Waals surface area (Å²) in [4.78, 5) is 40.5. The maximum Gasteiger partial charge on any atom is 0.319 e. The van der Waals surface area contributed by atoms with Gasteiger partial charge in [-0.3, -0.25) is 9.59 Å². The highest BCUT2D eigenvalue weighted by Crippen LogP contribution is 2.26. The number of aliphatic hydroxyl groups is 1. The van der Waals surface area contributed by atoms with Crippen molar-refractivity contribution in [3.05, 3.63) is 52.4 Å². The summed E-state index contributed by atoms with van der Waals surface area (Å²) in [6.45, 7) is 4.93. The van der Waals surface area contributed by atoms with E-state index in [1.165, 1.54) is 7.05 Å². The Balaban J connectivity index is 1.67. The molecule has 0 spiro atoms. The number of urea groups is 1. The van der Waals surface area contributed by atoms with Crippen molar-refractivity contribution in [1.82, 2.24) is 15.2 Å². The van der Waals surface area contributed by atoms with Crippen molar-refractivity contribution in [3.63, 3.8) is 0 Å². The molecule has 1 aromatic heterocycles. The first kappa shape index (κ1) is 21.6. The van der Waals surface area contributed by atoms with Crippen molar-refractivity contribution in [2.75, 3.05) is 25.5 Å². The van der Waals surface area contributed by atoms with Crippen molar-refractivity contribution in [2.45, 2.75) is 32.3 Å². The topological polar surface area (TPSA) is 115 Å². The number of nitrogens with zero attached hydrogens (tertiary/aromatic N) is 1. The molecule has 3 rings (SSSR count). The summed E-state index contributed by atoms with van der Waals surface area (Å²) in [5.41, 5.74) is 1.47. The van der Waals surface area contributed by atoms with E-state index in [1.807, 2.05) is 29.2 Å². The lowest BCUT2D eigenvalue weighted by molar-refractivity contribution is -0.138. The highest BCUT2D eigenvalue weighted by molar-refractivity contribution is 5.89. The van der Waals surface area contributed by atoms with E-state index in [0.29, 0.717) is 25.4 Å². The van der Waals surface area contributed by atoms with Gasteiger partial charge in [-0.1, -0.05) is 24.3 Å². The zero-order valence-electron chi connectivity index (χ0n) is 17.5. The minimum atomic E-state index is -0.712. The highest BCUT2D eigenvalue weighted by Gasteiger charge is 2.33. The van der Waals surface area contributed by atoms with Crippen LogP contribution in [0, 0.1) is 5.92 Å². The van der Waals surface area contributed by atoms with E-state index >= 15 is 0 Å². The second-order valence-electron chi connectivity index (χ2n) is 8.39. The zero-order valence-corrected chi connectivity index (χ0v) is 17.5. The Morgan fingerprint density at radius 1 is 1.23 bits per heavy atom. The maximum atomic E-state index is 12.6. The number of amides is 3. The molecule has 2 aromatic rings. The maximum absolute atomic E-state index is 12.6. The van der Waals surface area contributed by atoms with Crippen LogP contribution >= 0.6 is 0 Å². The van der Waals surface area contributed by atoms with E-state index in [-0.39, 0.29) is 18.0 Å². The Bertz CT molecular complexity index is 987. The van der Waals surface area contributed by atoms with Gasteiger partial charge in [0.15, 0.2) is 0 Å². The Morgan fingerprint density at radius 3 is 2.63 bits per heavy atom. The second kappa shape index (κ2) is 8.71. The largest absolute Gasteiger partial charge is 0.390 e. The van der Waals surface area contributed by atoms with E-state index in [2.05, 4.69) is 15.6 Å².